The van der Waals surface area contributed by atoms with Gasteiger partial charge in [-0.3, -0.25) is 0 Å². The number of hydrogen-bond donors (Lipinski definition) is 2. The molecule has 0 aliphatic rings. The van der Waals surface area contributed by atoms with Crippen LogP contribution in [0, 0.1) is 6.92 Å². The molecular weight excluding hydrogens is 305 g/mol. The second-order valence-electron chi connectivity index (χ2n) is 4.43. The zero-order valence-corrected chi connectivity index (χ0v) is 11.7. The standard InChI is InChI=1S/C14H12ClF3N2O/c1-7-6-9(11(15)13(20)12(7)19)8-4-2-3-5-10(8)21-14(16,17)18/h2-6H,19-20H2,1H3. The molecule has 0 aliphatic carbocycles. The lowest BCUT2D eigenvalue weighted by Gasteiger charge is -2.16. The molecule has 0 fully saturated rings. The van der Waals surface area contributed by atoms with Crippen molar-refractivity contribution in [2.24, 2.45) is 0 Å². The van der Waals surface area contributed by atoms with Gasteiger partial charge in [-0.15, -0.1) is 13.2 Å². The molecule has 0 aromatic heterocycles. The summed E-state index contributed by atoms with van der Waals surface area (Å²) in [6, 6.07) is 7.27. The van der Waals surface area contributed by atoms with Crippen LogP contribution in [0.1, 0.15) is 5.56 Å². The quantitative estimate of drug-likeness (QED) is 0.808. The molecule has 2 aromatic carbocycles. The van der Waals surface area contributed by atoms with E-state index in [-0.39, 0.29) is 22.0 Å². The molecule has 21 heavy (non-hydrogen) atoms. The van der Waals surface area contributed by atoms with Crippen molar-refractivity contribution >= 4 is 23.0 Å². The number of nitrogens with two attached hydrogens (primary N) is 2. The summed E-state index contributed by atoms with van der Waals surface area (Å²) in [6.07, 6.45) is -4.79. The van der Waals surface area contributed by atoms with Gasteiger partial charge in [-0.1, -0.05) is 29.8 Å². The van der Waals surface area contributed by atoms with Gasteiger partial charge in [0.15, 0.2) is 0 Å². The third kappa shape index (κ3) is 3.16. The smallest absolute Gasteiger partial charge is 0.405 e. The topological polar surface area (TPSA) is 61.3 Å². The Bertz CT molecular complexity index is 687. The molecule has 2 aromatic rings. The zero-order chi connectivity index (χ0) is 15.8. The molecule has 2 rings (SSSR count). The average molecular weight is 317 g/mol. The Morgan fingerprint density at radius 1 is 1.05 bits per heavy atom. The molecule has 0 unspecified atom stereocenters. The van der Waals surface area contributed by atoms with E-state index < -0.39 is 6.36 Å². The van der Waals surface area contributed by atoms with Gasteiger partial charge in [0.2, 0.25) is 0 Å². The third-order valence-corrected chi connectivity index (χ3v) is 3.36. The highest BCUT2D eigenvalue weighted by atomic mass is 35.5. The van der Waals surface area contributed by atoms with E-state index >= 15 is 0 Å². The summed E-state index contributed by atoms with van der Waals surface area (Å²) >= 11 is 6.11. The van der Waals surface area contributed by atoms with E-state index in [4.69, 9.17) is 23.1 Å². The van der Waals surface area contributed by atoms with Gasteiger partial charge in [0.05, 0.1) is 16.4 Å². The molecular formula is C14H12ClF3N2O. The fourth-order valence-electron chi connectivity index (χ4n) is 1.93. The predicted molar refractivity (Wildman–Crippen MR) is 77.1 cm³/mol. The van der Waals surface area contributed by atoms with Crippen LogP contribution in [0.5, 0.6) is 5.75 Å². The van der Waals surface area contributed by atoms with Gasteiger partial charge >= 0.3 is 6.36 Å². The van der Waals surface area contributed by atoms with Gasteiger partial charge in [-0.05, 0) is 24.6 Å². The van der Waals surface area contributed by atoms with E-state index in [1.54, 1.807) is 19.1 Å². The van der Waals surface area contributed by atoms with Crippen LogP contribution in [0.4, 0.5) is 24.5 Å². The van der Waals surface area contributed by atoms with Crippen molar-refractivity contribution in [3.63, 3.8) is 0 Å². The highest BCUT2D eigenvalue weighted by Crippen LogP contribution is 2.42. The van der Waals surface area contributed by atoms with Gasteiger partial charge in [0.25, 0.3) is 0 Å². The number of nitrogen functional groups attached to an aromatic ring is 2. The van der Waals surface area contributed by atoms with Crippen molar-refractivity contribution in [3.8, 4) is 16.9 Å². The van der Waals surface area contributed by atoms with Crippen molar-refractivity contribution in [1.82, 2.24) is 0 Å². The Balaban J connectivity index is 2.63. The summed E-state index contributed by atoms with van der Waals surface area (Å²) in [7, 11) is 0. The normalized spacial score (nSPS) is 11.5. The molecule has 0 saturated heterocycles. The minimum absolute atomic E-state index is 0.0938. The molecule has 0 atom stereocenters. The van der Waals surface area contributed by atoms with Crippen LogP contribution in [0.25, 0.3) is 11.1 Å². The number of hydrogen-bond acceptors (Lipinski definition) is 3. The highest BCUT2D eigenvalue weighted by molar-refractivity contribution is 6.36. The van der Waals surface area contributed by atoms with E-state index in [1.807, 2.05) is 0 Å². The molecule has 0 amide bonds. The van der Waals surface area contributed by atoms with E-state index in [0.717, 1.165) is 0 Å². The first-order valence-corrected chi connectivity index (χ1v) is 6.27. The summed E-state index contributed by atoms with van der Waals surface area (Å²) in [6.45, 7) is 1.69. The highest BCUT2D eigenvalue weighted by Gasteiger charge is 2.32. The Morgan fingerprint density at radius 3 is 2.29 bits per heavy atom. The first-order valence-electron chi connectivity index (χ1n) is 5.90. The monoisotopic (exact) mass is 316 g/mol. The Kier molecular flexibility index (Phi) is 3.91. The largest absolute Gasteiger partial charge is 0.573 e. The molecule has 0 heterocycles. The molecule has 0 spiro atoms. The van der Waals surface area contributed by atoms with E-state index in [1.165, 1.54) is 18.2 Å². The lowest BCUT2D eigenvalue weighted by atomic mass is 10.00. The minimum atomic E-state index is -4.79. The van der Waals surface area contributed by atoms with Crippen LogP contribution in [-0.4, -0.2) is 6.36 Å². The van der Waals surface area contributed by atoms with E-state index in [9.17, 15) is 13.2 Å². The Morgan fingerprint density at radius 2 is 1.67 bits per heavy atom. The summed E-state index contributed by atoms with van der Waals surface area (Å²) < 4.78 is 41.4. The summed E-state index contributed by atoms with van der Waals surface area (Å²) in [5, 5.41) is 0.0938. The summed E-state index contributed by atoms with van der Waals surface area (Å²) in [5.41, 5.74) is 13.1. The van der Waals surface area contributed by atoms with Crippen LogP contribution in [0.3, 0.4) is 0 Å². The second kappa shape index (κ2) is 5.37. The number of aryl methyl sites for hydroxylation is 1. The van der Waals surface area contributed by atoms with Gasteiger partial charge in [-0.25, -0.2) is 0 Å². The van der Waals surface area contributed by atoms with Crippen LogP contribution >= 0.6 is 11.6 Å². The maximum atomic E-state index is 12.5. The number of alkyl halides is 3. The maximum absolute atomic E-state index is 12.5. The molecule has 0 saturated carbocycles. The van der Waals surface area contributed by atoms with Crippen molar-refractivity contribution in [2.75, 3.05) is 11.5 Å². The SMILES string of the molecule is Cc1cc(-c2ccccc2OC(F)(F)F)c(Cl)c(N)c1N. The number of anilines is 2. The maximum Gasteiger partial charge on any atom is 0.573 e. The molecule has 7 heteroatoms. The molecule has 0 radical (unpaired) electrons. The number of halogens is 4. The summed E-state index contributed by atoms with van der Waals surface area (Å²) in [5.74, 6) is -0.351. The molecule has 112 valence electrons. The van der Waals surface area contributed by atoms with Gasteiger partial charge in [0.1, 0.15) is 5.75 Å². The van der Waals surface area contributed by atoms with Gasteiger partial charge in [0, 0.05) is 11.1 Å². The second-order valence-corrected chi connectivity index (χ2v) is 4.80. The number of benzene rings is 2. The minimum Gasteiger partial charge on any atom is -0.405 e. The number of ether oxygens (including phenoxy) is 1. The lowest BCUT2D eigenvalue weighted by Crippen LogP contribution is -2.17. The molecule has 3 nitrogen and oxygen atoms in total. The molecule has 4 N–H and O–H groups in total. The Labute approximate surface area is 124 Å². The van der Waals surface area contributed by atoms with Gasteiger partial charge in [-0.2, -0.15) is 0 Å². The first-order chi connectivity index (χ1) is 9.70. The number of para-hydroxylation sites is 1. The van der Waals surface area contributed by atoms with Crippen LogP contribution in [0.2, 0.25) is 5.02 Å². The van der Waals surface area contributed by atoms with Crippen molar-refractivity contribution in [1.29, 1.82) is 0 Å². The molecule has 0 bridgehead atoms. The summed E-state index contributed by atoms with van der Waals surface area (Å²) in [4.78, 5) is 0. The molecule has 0 aliphatic heterocycles. The zero-order valence-electron chi connectivity index (χ0n) is 11.0. The first kappa shape index (κ1) is 15.3. The van der Waals surface area contributed by atoms with Crippen LogP contribution < -0.4 is 16.2 Å². The predicted octanol–water partition coefficient (Wildman–Crippen LogP) is 4.38. The third-order valence-electron chi connectivity index (χ3n) is 2.95. The average Bonchev–Trinajstić information content (AvgIpc) is 2.40. The fraction of sp³-hybridized carbons (Fsp3) is 0.143. The van der Waals surface area contributed by atoms with Gasteiger partial charge < -0.3 is 16.2 Å². The van der Waals surface area contributed by atoms with Crippen molar-refractivity contribution in [3.05, 3.63) is 40.9 Å². The number of rotatable bonds is 2. The van der Waals surface area contributed by atoms with E-state index in [0.29, 0.717) is 16.8 Å². The lowest BCUT2D eigenvalue weighted by molar-refractivity contribution is -0.274. The Hall–Kier alpha value is -2.08. The van der Waals surface area contributed by atoms with Crippen LogP contribution in [-0.2, 0) is 0 Å². The van der Waals surface area contributed by atoms with Crippen LogP contribution in [0.15, 0.2) is 30.3 Å². The van der Waals surface area contributed by atoms with E-state index in [2.05, 4.69) is 4.74 Å². The fourth-order valence-corrected chi connectivity index (χ4v) is 2.19. The van der Waals surface area contributed by atoms with Crippen molar-refractivity contribution in [2.45, 2.75) is 13.3 Å². The van der Waals surface area contributed by atoms with Crippen molar-refractivity contribution < 1.29 is 17.9 Å².